The van der Waals surface area contributed by atoms with Crippen molar-refractivity contribution >= 4 is 11.3 Å². The van der Waals surface area contributed by atoms with Gasteiger partial charge in [0, 0.05) is 12.6 Å². The van der Waals surface area contributed by atoms with Crippen LogP contribution in [0.3, 0.4) is 0 Å². The number of rotatable bonds is 4. The summed E-state index contributed by atoms with van der Waals surface area (Å²) in [7, 11) is 0. The van der Waals surface area contributed by atoms with Crippen LogP contribution in [0.15, 0.2) is 21.9 Å². The van der Waals surface area contributed by atoms with Gasteiger partial charge >= 0.3 is 0 Å². The molecule has 102 valence electrons. The first kappa shape index (κ1) is 12.8. The molecule has 3 rings (SSSR count). The lowest BCUT2D eigenvalue weighted by Crippen LogP contribution is -2.31. The molecule has 0 amide bonds. The van der Waals surface area contributed by atoms with Gasteiger partial charge in [-0.25, -0.2) is 4.98 Å². The number of aliphatic hydroxyl groups is 1. The van der Waals surface area contributed by atoms with E-state index >= 15 is 0 Å². The number of oxazole rings is 1. The van der Waals surface area contributed by atoms with Crippen LogP contribution in [0.2, 0.25) is 0 Å². The third-order valence-electron chi connectivity index (χ3n) is 3.69. The first-order valence-electron chi connectivity index (χ1n) is 6.63. The quantitative estimate of drug-likeness (QED) is 0.934. The van der Waals surface area contributed by atoms with Gasteiger partial charge in [-0.2, -0.15) is 0 Å². The van der Waals surface area contributed by atoms with Gasteiger partial charge in [0.05, 0.1) is 17.2 Å². The van der Waals surface area contributed by atoms with E-state index in [9.17, 15) is 5.11 Å². The van der Waals surface area contributed by atoms with Gasteiger partial charge in [-0.1, -0.05) is 6.07 Å². The van der Waals surface area contributed by atoms with Crippen LogP contribution in [0.4, 0.5) is 0 Å². The molecular weight excluding hydrogens is 260 g/mol. The summed E-state index contributed by atoms with van der Waals surface area (Å²) in [6, 6.07) is 4.30. The predicted octanol–water partition coefficient (Wildman–Crippen LogP) is 2.67. The maximum Gasteiger partial charge on any atom is 0.236 e. The Morgan fingerprint density at radius 3 is 3.21 bits per heavy atom. The topological polar surface area (TPSA) is 49.5 Å². The van der Waals surface area contributed by atoms with Crippen LogP contribution in [0.5, 0.6) is 0 Å². The number of hydrogen-bond acceptors (Lipinski definition) is 5. The van der Waals surface area contributed by atoms with E-state index in [1.54, 1.807) is 11.3 Å². The zero-order valence-corrected chi connectivity index (χ0v) is 11.8. The first-order chi connectivity index (χ1) is 9.28. The van der Waals surface area contributed by atoms with Gasteiger partial charge < -0.3 is 9.52 Å². The molecule has 1 atom stereocenters. The van der Waals surface area contributed by atoms with Crippen LogP contribution in [0.25, 0.3) is 10.8 Å². The number of aromatic nitrogens is 1. The fraction of sp³-hybridized carbons (Fsp3) is 0.500. The Bertz CT molecular complexity index is 536. The summed E-state index contributed by atoms with van der Waals surface area (Å²) in [5.74, 6) is 1.59. The molecule has 2 aromatic rings. The SMILES string of the molecule is Cc1oc(-c2cccs2)nc1CN1CCC[C@H]1CO. The van der Waals surface area contributed by atoms with Crippen molar-refractivity contribution in [3.8, 4) is 10.8 Å². The molecule has 0 radical (unpaired) electrons. The lowest BCUT2D eigenvalue weighted by molar-refractivity contribution is 0.152. The average Bonchev–Trinajstić information content (AvgIpc) is 3.11. The Morgan fingerprint density at radius 1 is 1.58 bits per heavy atom. The van der Waals surface area contributed by atoms with Crippen molar-refractivity contribution in [3.05, 3.63) is 29.0 Å². The maximum absolute atomic E-state index is 9.36. The van der Waals surface area contributed by atoms with Gasteiger partial charge in [0.1, 0.15) is 5.76 Å². The first-order valence-corrected chi connectivity index (χ1v) is 7.51. The van der Waals surface area contributed by atoms with Crippen LogP contribution in [-0.2, 0) is 6.54 Å². The highest BCUT2D eigenvalue weighted by Crippen LogP contribution is 2.27. The molecule has 1 aliphatic heterocycles. The summed E-state index contributed by atoms with van der Waals surface area (Å²) >= 11 is 1.64. The van der Waals surface area contributed by atoms with Crippen LogP contribution >= 0.6 is 11.3 Å². The van der Waals surface area contributed by atoms with Gasteiger partial charge in [-0.05, 0) is 37.8 Å². The fourth-order valence-corrected chi connectivity index (χ4v) is 3.23. The van der Waals surface area contributed by atoms with Gasteiger partial charge in [-0.15, -0.1) is 11.3 Å². The monoisotopic (exact) mass is 278 g/mol. The minimum absolute atomic E-state index is 0.231. The molecule has 1 fully saturated rings. The van der Waals surface area contributed by atoms with E-state index in [2.05, 4.69) is 9.88 Å². The van der Waals surface area contributed by atoms with Gasteiger partial charge in [-0.3, -0.25) is 4.90 Å². The third-order valence-corrected chi connectivity index (χ3v) is 4.55. The van der Waals surface area contributed by atoms with E-state index in [0.29, 0.717) is 5.89 Å². The predicted molar refractivity (Wildman–Crippen MR) is 75.1 cm³/mol. The molecule has 0 saturated carbocycles. The highest BCUT2D eigenvalue weighted by molar-refractivity contribution is 7.13. The van der Waals surface area contributed by atoms with Crippen LogP contribution in [-0.4, -0.2) is 34.2 Å². The zero-order valence-electron chi connectivity index (χ0n) is 11.0. The Balaban J connectivity index is 1.78. The van der Waals surface area contributed by atoms with E-state index in [0.717, 1.165) is 42.3 Å². The summed E-state index contributed by atoms with van der Waals surface area (Å²) in [6.07, 6.45) is 2.23. The Morgan fingerprint density at radius 2 is 2.47 bits per heavy atom. The molecule has 5 heteroatoms. The highest BCUT2D eigenvalue weighted by atomic mass is 32.1. The van der Waals surface area contributed by atoms with Gasteiger partial charge in [0.25, 0.3) is 0 Å². The average molecular weight is 278 g/mol. The summed E-state index contributed by atoms with van der Waals surface area (Å²) < 4.78 is 5.75. The largest absolute Gasteiger partial charge is 0.440 e. The normalized spacial score (nSPS) is 20.2. The minimum Gasteiger partial charge on any atom is -0.440 e. The number of thiophene rings is 1. The minimum atomic E-state index is 0.231. The summed E-state index contributed by atoms with van der Waals surface area (Å²) in [5.41, 5.74) is 0.990. The van der Waals surface area contributed by atoms with E-state index in [4.69, 9.17) is 4.42 Å². The summed E-state index contributed by atoms with van der Waals surface area (Å²) in [6.45, 7) is 4.00. The number of aryl methyl sites for hydroxylation is 1. The van der Waals surface area contributed by atoms with Crippen molar-refractivity contribution in [1.82, 2.24) is 9.88 Å². The maximum atomic E-state index is 9.36. The van der Waals surface area contributed by atoms with E-state index in [1.165, 1.54) is 0 Å². The molecule has 1 aliphatic rings. The van der Waals surface area contributed by atoms with E-state index in [-0.39, 0.29) is 12.6 Å². The van der Waals surface area contributed by atoms with Crippen molar-refractivity contribution in [1.29, 1.82) is 0 Å². The summed E-state index contributed by atoms with van der Waals surface area (Å²) in [5, 5.41) is 11.4. The molecule has 0 aromatic carbocycles. The summed E-state index contributed by atoms with van der Waals surface area (Å²) in [4.78, 5) is 7.96. The third kappa shape index (κ3) is 2.59. The second-order valence-electron chi connectivity index (χ2n) is 4.95. The molecule has 4 nitrogen and oxygen atoms in total. The highest BCUT2D eigenvalue weighted by Gasteiger charge is 2.25. The molecule has 0 aliphatic carbocycles. The second kappa shape index (κ2) is 5.45. The van der Waals surface area contributed by atoms with Crippen molar-refractivity contribution in [3.63, 3.8) is 0 Å². The Kier molecular flexibility index (Phi) is 3.68. The van der Waals surface area contributed by atoms with Crippen molar-refractivity contribution in [2.75, 3.05) is 13.2 Å². The number of likely N-dealkylation sites (tertiary alicyclic amines) is 1. The number of hydrogen-bond donors (Lipinski definition) is 1. The van der Waals surface area contributed by atoms with Crippen LogP contribution in [0.1, 0.15) is 24.3 Å². The van der Waals surface area contributed by atoms with Crippen LogP contribution < -0.4 is 0 Å². The molecule has 0 bridgehead atoms. The standard InChI is InChI=1S/C14H18N2O2S/c1-10-12(8-16-6-2-4-11(16)9-17)15-14(18-10)13-5-3-7-19-13/h3,5,7,11,17H,2,4,6,8-9H2,1H3/t11-/m0/s1. The number of nitrogens with zero attached hydrogens (tertiary/aromatic N) is 2. The smallest absolute Gasteiger partial charge is 0.236 e. The molecular formula is C14H18N2O2S. The zero-order chi connectivity index (χ0) is 13.2. The van der Waals surface area contributed by atoms with Gasteiger partial charge in [0.15, 0.2) is 0 Å². The van der Waals surface area contributed by atoms with Gasteiger partial charge in [0.2, 0.25) is 5.89 Å². The molecule has 3 heterocycles. The van der Waals surface area contributed by atoms with E-state index < -0.39 is 0 Å². The molecule has 1 N–H and O–H groups in total. The number of aliphatic hydroxyl groups excluding tert-OH is 1. The lowest BCUT2D eigenvalue weighted by atomic mass is 10.2. The van der Waals surface area contributed by atoms with Crippen molar-refractivity contribution < 1.29 is 9.52 Å². The Hall–Kier alpha value is -1.17. The molecule has 19 heavy (non-hydrogen) atoms. The van der Waals surface area contributed by atoms with Crippen molar-refractivity contribution in [2.24, 2.45) is 0 Å². The fourth-order valence-electron chi connectivity index (χ4n) is 2.58. The molecule has 1 saturated heterocycles. The molecule has 0 unspecified atom stereocenters. The van der Waals surface area contributed by atoms with Crippen molar-refractivity contribution in [2.45, 2.75) is 32.4 Å². The molecule has 2 aromatic heterocycles. The lowest BCUT2D eigenvalue weighted by Gasteiger charge is -2.21. The second-order valence-corrected chi connectivity index (χ2v) is 5.90. The Labute approximate surface area is 116 Å². The molecule has 0 spiro atoms. The van der Waals surface area contributed by atoms with E-state index in [1.807, 2.05) is 24.4 Å². The van der Waals surface area contributed by atoms with Crippen LogP contribution in [0, 0.1) is 6.92 Å².